The second-order valence-electron chi connectivity index (χ2n) is 5.83. The normalized spacial score (nSPS) is 13.1. The lowest BCUT2D eigenvalue weighted by Gasteiger charge is -2.32. The van der Waals surface area contributed by atoms with E-state index < -0.39 is 0 Å². The van der Waals surface area contributed by atoms with Crippen molar-refractivity contribution in [3.05, 3.63) is 95.3 Å². The third-order valence-corrected chi connectivity index (χ3v) is 4.55. The lowest BCUT2D eigenvalue weighted by atomic mass is 9.71. The summed E-state index contributed by atoms with van der Waals surface area (Å²) in [5.74, 6) is 0.826. The monoisotopic (exact) mass is 317 g/mol. The Hall–Kier alpha value is -2.94. The summed E-state index contributed by atoms with van der Waals surface area (Å²) in [4.78, 5) is 15.1. The Morgan fingerprint density at radius 2 is 1.33 bits per heavy atom. The molecular formula is C21H19NO2. The predicted octanol–water partition coefficient (Wildman–Crippen LogP) is 4.26. The number of hydrogen-bond donors (Lipinski definition) is 0. The maximum Gasteiger partial charge on any atom is 0.150 e. The largest absolute Gasteiger partial charge is 0.497 e. The van der Waals surface area contributed by atoms with E-state index in [0.717, 1.165) is 28.7 Å². The molecule has 24 heavy (non-hydrogen) atoms. The van der Waals surface area contributed by atoms with Crippen LogP contribution < -0.4 is 4.74 Å². The molecular weight excluding hydrogens is 298 g/mol. The van der Waals surface area contributed by atoms with Gasteiger partial charge in [0.25, 0.3) is 0 Å². The number of rotatable bonds is 5. The van der Waals surface area contributed by atoms with Gasteiger partial charge in [0.15, 0.2) is 0 Å². The van der Waals surface area contributed by atoms with Crippen molar-refractivity contribution >= 4 is 6.29 Å². The van der Waals surface area contributed by atoms with E-state index in [4.69, 9.17) is 4.74 Å². The fourth-order valence-corrected chi connectivity index (χ4v) is 3.00. The molecule has 0 bridgehead atoms. The number of pyridine rings is 1. The van der Waals surface area contributed by atoms with E-state index in [1.807, 2.05) is 48.5 Å². The zero-order valence-corrected chi connectivity index (χ0v) is 13.8. The minimum absolute atomic E-state index is 0.351. The SMILES string of the molecule is COc1ccc([C@@](C)(c2ccncc2)c2ccc(C=O)cc2)cc1. The summed E-state index contributed by atoms with van der Waals surface area (Å²) in [5.41, 5.74) is 3.72. The van der Waals surface area contributed by atoms with Crippen molar-refractivity contribution in [3.8, 4) is 5.75 Å². The average Bonchev–Trinajstić information content (AvgIpc) is 2.68. The van der Waals surface area contributed by atoms with Crippen molar-refractivity contribution in [3.63, 3.8) is 0 Å². The van der Waals surface area contributed by atoms with Gasteiger partial charge >= 0.3 is 0 Å². The van der Waals surface area contributed by atoms with Crippen LogP contribution in [0.3, 0.4) is 0 Å². The van der Waals surface area contributed by atoms with Crippen molar-refractivity contribution in [1.82, 2.24) is 4.98 Å². The van der Waals surface area contributed by atoms with Gasteiger partial charge in [-0.05, 0) is 47.9 Å². The lowest BCUT2D eigenvalue weighted by Crippen LogP contribution is -2.25. The molecule has 0 N–H and O–H groups in total. The molecule has 0 saturated heterocycles. The van der Waals surface area contributed by atoms with Crippen molar-refractivity contribution in [2.45, 2.75) is 12.3 Å². The molecule has 0 amide bonds. The first-order valence-electron chi connectivity index (χ1n) is 7.79. The molecule has 3 heteroatoms. The summed E-state index contributed by atoms with van der Waals surface area (Å²) in [5, 5.41) is 0. The molecule has 0 fully saturated rings. The lowest BCUT2D eigenvalue weighted by molar-refractivity contribution is 0.112. The average molecular weight is 317 g/mol. The van der Waals surface area contributed by atoms with Gasteiger partial charge in [0, 0.05) is 23.4 Å². The Morgan fingerprint density at radius 3 is 1.83 bits per heavy atom. The highest BCUT2D eigenvalue weighted by Gasteiger charge is 2.31. The van der Waals surface area contributed by atoms with Gasteiger partial charge in [0.1, 0.15) is 12.0 Å². The molecule has 3 nitrogen and oxygen atoms in total. The summed E-state index contributed by atoms with van der Waals surface area (Å²) < 4.78 is 5.27. The third-order valence-electron chi connectivity index (χ3n) is 4.55. The first-order valence-corrected chi connectivity index (χ1v) is 7.79. The number of aldehydes is 1. The topological polar surface area (TPSA) is 39.2 Å². The van der Waals surface area contributed by atoms with Crippen LogP contribution in [-0.2, 0) is 5.41 Å². The van der Waals surface area contributed by atoms with Gasteiger partial charge < -0.3 is 4.74 Å². The number of ether oxygens (including phenoxy) is 1. The van der Waals surface area contributed by atoms with Crippen LogP contribution in [0.15, 0.2) is 73.1 Å². The summed E-state index contributed by atoms with van der Waals surface area (Å²) in [6.07, 6.45) is 4.47. The molecule has 3 aromatic rings. The standard InChI is InChI=1S/C21H19NO2/c1-21(19-11-13-22-14-12-19,17-5-3-16(15-23)4-6-17)18-7-9-20(24-2)10-8-18/h3-15H,1-2H3/t21-/m0/s1. The van der Waals surface area contributed by atoms with Crippen LogP contribution in [0.2, 0.25) is 0 Å². The highest BCUT2D eigenvalue weighted by atomic mass is 16.5. The van der Waals surface area contributed by atoms with Gasteiger partial charge in [-0.1, -0.05) is 36.4 Å². The molecule has 0 unspecified atom stereocenters. The Morgan fingerprint density at radius 1 is 0.833 bits per heavy atom. The number of hydrogen-bond acceptors (Lipinski definition) is 3. The molecule has 0 spiro atoms. The van der Waals surface area contributed by atoms with Gasteiger partial charge in [-0.25, -0.2) is 0 Å². The summed E-state index contributed by atoms with van der Waals surface area (Å²) in [7, 11) is 1.66. The Balaban J connectivity index is 2.17. The fraction of sp³-hybridized carbons (Fsp3) is 0.143. The molecule has 0 radical (unpaired) electrons. The number of nitrogens with zero attached hydrogens (tertiary/aromatic N) is 1. The molecule has 1 heterocycles. The molecule has 1 aromatic heterocycles. The fourth-order valence-electron chi connectivity index (χ4n) is 3.00. The van der Waals surface area contributed by atoms with E-state index >= 15 is 0 Å². The van der Waals surface area contributed by atoms with E-state index in [0.29, 0.717) is 5.56 Å². The van der Waals surface area contributed by atoms with E-state index in [9.17, 15) is 4.79 Å². The molecule has 2 aromatic carbocycles. The third kappa shape index (κ3) is 2.81. The number of carbonyl (C=O) groups is 1. The number of benzene rings is 2. The van der Waals surface area contributed by atoms with Crippen LogP contribution in [0.5, 0.6) is 5.75 Å². The Kier molecular flexibility index (Phi) is 4.43. The predicted molar refractivity (Wildman–Crippen MR) is 94.6 cm³/mol. The molecule has 0 saturated carbocycles. The molecule has 0 aliphatic carbocycles. The second kappa shape index (κ2) is 6.67. The van der Waals surface area contributed by atoms with Crippen LogP contribution in [0.25, 0.3) is 0 Å². The van der Waals surface area contributed by atoms with E-state index in [1.54, 1.807) is 19.5 Å². The summed E-state index contributed by atoms with van der Waals surface area (Å²) >= 11 is 0. The zero-order valence-electron chi connectivity index (χ0n) is 13.8. The van der Waals surface area contributed by atoms with Gasteiger partial charge in [0.2, 0.25) is 0 Å². The summed E-state index contributed by atoms with van der Waals surface area (Å²) in [6, 6.07) is 19.9. The maximum atomic E-state index is 11.0. The minimum atomic E-state index is -0.351. The van der Waals surface area contributed by atoms with Crippen molar-refractivity contribution < 1.29 is 9.53 Å². The van der Waals surface area contributed by atoms with Crippen LogP contribution in [0.4, 0.5) is 0 Å². The van der Waals surface area contributed by atoms with Crippen molar-refractivity contribution in [2.75, 3.05) is 7.11 Å². The zero-order chi connectivity index (χ0) is 17.0. The molecule has 120 valence electrons. The highest BCUT2D eigenvalue weighted by molar-refractivity contribution is 5.74. The maximum absolute atomic E-state index is 11.0. The van der Waals surface area contributed by atoms with Gasteiger partial charge in [0.05, 0.1) is 7.11 Å². The van der Waals surface area contributed by atoms with E-state index in [-0.39, 0.29) is 5.41 Å². The van der Waals surface area contributed by atoms with Gasteiger partial charge in [-0.3, -0.25) is 9.78 Å². The van der Waals surface area contributed by atoms with E-state index in [2.05, 4.69) is 24.0 Å². The Bertz CT molecular complexity index is 811. The van der Waals surface area contributed by atoms with Crippen LogP contribution >= 0.6 is 0 Å². The minimum Gasteiger partial charge on any atom is -0.497 e. The smallest absolute Gasteiger partial charge is 0.150 e. The van der Waals surface area contributed by atoms with Gasteiger partial charge in [-0.15, -0.1) is 0 Å². The first kappa shape index (κ1) is 15.9. The summed E-state index contributed by atoms with van der Waals surface area (Å²) in [6.45, 7) is 2.18. The number of carbonyl (C=O) groups excluding carboxylic acids is 1. The molecule has 0 aliphatic rings. The van der Waals surface area contributed by atoms with Gasteiger partial charge in [-0.2, -0.15) is 0 Å². The van der Waals surface area contributed by atoms with Crippen LogP contribution in [0, 0.1) is 0 Å². The van der Waals surface area contributed by atoms with E-state index in [1.165, 1.54) is 0 Å². The van der Waals surface area contributed by atoms with Crippen LogP contribution in [-0.4, -0.2) is 18.4 Å². The molecule has 1 atom stereocenters. The van der Waals surface area contributed by atoms with Crippen LogP contribution in [0.1, 0.15) is 34.0 Å². The first-order chi connectivity index (χ1) is 11.7. The highest BCUT2D eigenvalue weighted by Crippen LogP contribution is 2.39. The molecule has 3 rings (SSSR count). The second-order valence-corrected chi connectivity index (χ2v) is 5.83. The quantitative estimate of drug-likeness (QED) is 0.660. The number of aromatic nitrogens is 1. The molecule has 0 aliphatic heterocycles. The Labute approximate surface area is 142 Å². The van der Waals surface area contributed by atoms with Crippen molar-refractivity contribution in [2.24, 2.45) is 0 Å². The van der Waals surface area contributed by atoms with Crippen molar-refractivity contribution in [1.29, 1.82) is 0 Å². The number of methoxy groups -OCH3 is 1.